The van der Waals surface area contributed by atoms with Gasteiger partial charge < -0.3 is 15.6 Å². The molecule has 0 fully saturated rings. The second kappa shape index (κ2) is 5.24. The van der Waals surface area contributed by atoms with Crippen molar-refractivity contribution in [3.8, 4) is 0 Å². The average Bonchev–Trinajstić information content (AvgIpc) is 2.94. The predicted molar refractivity (Wildman–Crippen MR) is 78.8 cm³/mol. The first-order chi connectivity index (χ1) is 9.63. The molecule has 0 aromatic carbocycles. The third-order valence-electron chi connectivity index (χ3n) is 3.47. The summed E-state index contributed by atoms with van der Waals surface area (Å²) in [6.45, 7) is 2.80. The molecule has 1 aliphatic rings. The number of hydrogen-bond acceptors (Lipinski definition) is 5. The summed E-state index contributed by atoms with van der Waals surface area (Å²) in [5, 5.41) is 3.44. The van der Waals surface area contributed by atoms with Crippen molar-refractivity contribution in [2.24, 2.45) is 0 Å². The monoisotopic (exact) mass is 291 g/mol. The number of thiazole rings is 1. The molecule has 3 N–H and O–H groups in total. The van der Waals surface area contributed by atoms with E-state index in [2.05, 4.69) is 19.9 Å². The van der Waals surface area contributed by atoms with Crippen LogP contribution in [0.3, 0.4) is 0 Å². The number of imidazole rings is 1. The largest absolute Gasteiger partial charge is 0.375 e. The van der Waals surface area contributed by atoms with E-state index >= 15 is 0 Å². The first-order valence-corrected chi connectivity index (χ1v) is 7.51. The number of rotatable bonds is 3. The van der Waals surface area contributed by atoms with E-state index in [4.69, 9.17) is 5.73 Å². The second-order valence-electron chi connectivity index (χ2n) is 4.95. The fraction of sp³-hybridized carbons (Fsp3) is 0.462. The van der Waals surface area contributed by atoms with E-state index in [0.717, 1.165) is 41.6 Å². The van der Waals surface area contributed by atoms with Crippen molar-refractivity contribution >= 4 is 28.2 Å². The van der Waals surface area contributed by atoms with Crippen LogP contribution >= 0.6 is 11.3 Å². The minimum Gasteiger partial charge on any atom is -0.375 e. The number of nitrogens with zero attached hydrogens (tertiary/aromatic N) is 3. The number of nitrogens with two attached hydrogens (primary N) is 1. The smallest absolute Gasteiger partial charge is 0.230 e. The summed E-state index contributed by atoms with van der Waals surface area (Å²) in [6.07, 6.45) is 5.34. The molecule has 0 saturated carbocycles. The molecule has 1 amide bonds. The first-order valence-electron chi connectivity index (χ1n) is 6.69. The maximum absolute atomic E-state index is 12.1. The summed E-state index contributed by atoms with van der Waals surface area (Å²) < 4.78 is 2.09. The molecule has 3 rings (SSSR count). The van der Waals surface area contributed by atoms with Crippen LogP contribution < -0.4 is 11.1 Å². The molecule has 0 saturated heterocycles. The van der Waals surface area contributed by atoms with Gasteiger partial charge in [-0.25, -0.2) is 9.97 Å². The van der Waals surface area contributed by atoms with Crippen molar-refractivity contribution in [1.82, 2.24) is 14.5 Å². The lowest BCUT2D eigenvalue weighted by atomic mass is 10.2. The van der Waals surface area contributed by atoms with Gasteiger partial charge in [0, 0.05) is 17.8 Å². The Labute approximate surface area is 121 Å². The predicted octanol–water partition coefficient (Wildman–Crippen LogP) is 1.75. The molecule has 20 heavy (non-hydrogen) atoms. The van der Waals surface area contributed by atoms with Crippen LogP contribution in [0.2, 0.25) is 0 Å². The van der Waals surface area contributed by atoms with Gasteiger partial charge in [0.25, 0.3) is 0 Å². The van der Waals surface area contributed by atoms with Crippen LogP contribution in [0, 0.1) is 6.92 Å². The van der Waals surface area contributed by atoms with E-state index in [9.17, 15) is 4.79 Å². The summed E-state index contributed by atoms with van der Waals surface area (Å²) in [4.78, 5) is 21.5. The van der Waals surface area contributed by atoms with E-state index < -0.39 is 0 Å². The molecule has 6 nitrogen and oxygen atoms in total. The number of hydrogen-bond donors (Lipinski definition) is 2. The molecule has 3 heterocycles. The molecular formula is C13H17N5OS. The zero-order valence-electron chi connectivity index (χ0n) is 11.3. The van der Waals surface area contributed by atoms with Gasteiger partial charge in [0.15, 0.2) is 5.13 Å². The Hall–Kier alpha value is -1.89. The summed E-state index contributed by atoms with van der Waals surface area (Å²) in [6, 6.07) is 0. The minimum atomic E-state index is -0.0509. The van der Waals surface area contributed by atoms with Crippen molar-refractivity contribution in [2.75, 3.05) is 11.1 Å². The third kappa shape index (κ3) is 2.53. The van der Waals surface area contributed by atoms with Gasteiger partial charge in [-0.15, -0.1) is 11.3 Å². The summed E-state index contributed by atoms with van der Waals surface area (Å²) >= 11 is 1.37. The quantitative estimate of drug-likeness (QED) is 0.902. The van der Waals surface area contributed by atoms with E-state index in [1.807, 2.05) is 6.92 Å². The number of aryl methyl sites for hydroxylation is 2. The fourth-order valence-electron chi connectivity index (χ4n) is 2.46. The van der Waals surface area contributed by atoms with Crippen molar-refractivity contribution in [2.45, 2.75) is 39.2 Å². The molecule has 1 aliphatic heterocycles. The van der Waals surface area contributed by atoms with Crippen LogP contribution in [0.25, 0.3) is 0 Å². The summed E-state index contributed by atoms with van der Waals surface area (Å²) in [7, 11) is 0. The van der Waals surface area contributed by atoms with Gasteiger partial charge in [-0.1, -0.05) is 0 Å². The normalized spacial score (nSPS) is 14.1. The van der Waals surface area contributed by atoms with Crippen molar-refractivity contribution < 1.29 is 4.79 Å². The SMILES string of the molecule is Cc1nc(N)sc1CC(=O)Nc1cnc2n1CCCC2. The number of carbonyl (C=O) groups excluding carboxylic acids is 1. The van der Waals surface area contributed by atoms with Gasteiger partial charge in [0.05, 0.1) is 18.3 Å². The number of anilines is 2. The van der Waals surface area contributed by atoms with Gasteiger partial charge in [-0.3, -0.25) is 4.79 Å². The zero-order valence-corrected chi connectivity index (χ0v) is 12.2. The van der Waals surface area contributed by atoms with E-state index in [1.165, 1.54) is 17.8 Å². The first kappa shape index (κ1) is 13.1. The zero-order chi connectivity index (χ0) is 14.1. The van der Waals surface area contributed by atoms with Crippen molar-refractivity contribution in [1.29, 1.82) is 0 Å². The lowest BCUT2D eigenvalue weighted by Gasteiger charge is -2.16. The Bertz CT molecular complexity index is 645. The number of aromatic nitrogens is 3. The molecule has 0 aliphatic carbocycles. The van der Waals surface area contributed by atoms with Gasteiger partial charge in [0.2, 0.25) is 5.91 Å². The fourth-order valence-corrected chi connectivity index (χ4v) is 3.29. The average molecular weight is 291 g/mol. The number of nitrogen functional groups attached to an aromatic ring is 1. The Balaban J connectivity index is 1.70. The number of carbonyl (C=O) groups is 1. The lowest BCUT2D eigenvalue weighted by Crippen LogP contribution is -2.19. The van der Waals surface area contributed by atoms with Crippen molar-refractivity contribution in [3.63, 3.8) is 0 Å². The molecule has 0 bridgehead atoms. The molecule has 2 aromatic rings. The maximum atomic E-state index is 12.1. The Morgan fingerprint density at radius 2 is 2.40 bits per heavy atom. The van der Waals surface area contributed by atoms with Crippen LogP contribution in [-0.2, 0) is 24.2 Å². The van der Waals surface area contributed by atoms with Crippen LogP contribution in [0.5, 0.6) is 0 Å². The van der Waals surface area contributed by atoms with Gasteiger partial charge in [-0.05, 0) is 19.8 Å². The maximum Gasteiger partial charge on any atom is 0.230 e. The molecule has 106 valence electrons. The molecule has 0 radical (unpaired) electrons. The van der Waals surface area contributed by atoms with Crippen LogP contribution in [0.1, 0.15) is 29.2 Å². The summed E-state index contributed by atoms with van der Waals surface area (Å²) in [5.41, 5.74) is 6.48. The lowest BCUT2D eigenvalue weighted by molar-refractivity contribution is -0.115. The Morgan fingerprint density at radius 3 is 3.15 bits per heavy atom. The second-order valence-corrected chi connectivity index (χ2v) is 6.07. The third-order valence-corrected chi connectivity index (χ3v) is 4.45. The van der Waals surface area contributed by atoms with E-state index in [-0.39, 0.29) is 5.91 Å². The number of amides is 1. The molecular weight excluding hydrogens is 274 g/mol. The number of nitrogens with one attached hydrogen (secondary N) is 1. The van der Waals surface area contributed by atoms with E-state index in [0.29, 0.717) is 11.6 Å². The topological polar surface area (TPSA) is 85.8 Å². The Kier molecular flexibility index (Phi) is 3.43. The highest BCUT2D eigenvalue weighted by Crippen LogP contribution is 2.22. The minimum absolute atomic E-state index is 0.0509. The molecule has 0 atom stereocenters. The van der Waals surface area contributed by atoms with Gasteiger partial charge in [0.1, 0.15) is 11.6 Å². The highest BCUT2D eigenvalue weighted by atomic mass is 32.1. The highest BCUT2D eigenvalue weighted by Gasteiger charge is 2.16. The standard InChI is InChI=1S/C13H17N5OS/c1-8-9(20-13(14)16-8)6-12(19)17-11-7-15-10-4-2-3-5-18(10)11/h7H,2-6H2,1H3,(H2,14,16)(H,17,19). The van der Waals surface area contributed by atoms with Gasteiger partial charge in [-0.2, -0.15) is 0 Å². The summed E-state index contributed by atoms with van der Waals surface area (Å²) in [5.74, 6) is 1.80. The van der Waals surface area contributed by atoms with Gasteiger partial charge >= 0.3 is 0 Å². The van der Waals surface area contributed by atoms with Crippen LogP contribution in [0.15, 0.2) is 6.20 Å². The Morgan fingerprint density at radius 1 is 1.55 bits per heavy atom. The van der Waals surface area contributed by atoms with Crippen LogP contribution in [0.4, 0.5) is 10.9 Å². The molecule has 2 aromatic heterocycles. The highest BCUT2D eigenvalue weighted by molar-refractivity contribution is 7.15. The van der Waals surface area contributed by atoms with E-state index in [1.54, 1.807) is 6.20 Å². The van der Waals surface area contributed by atoms with Crippen molar-refractivity contribution in [3.05, 3.63) is 22.6 Å². The molecule has 7 heteroatoms. The number of fused-ring (bicyclic) bond motifs is 1. The van der Waals surface area contributed by atoms with Crippen LogP contribution in [-0.4, -0.2) is 20.4 Å². The molecule has 0 unspecified atom stereocenters. The molecule has 0 spiro atoms.